The zero-order valence-corrected chi connectivity index (χ0v) is 11.6. The SMILES string of the molecule is CCNc1nc(NC2CC(OC)C2)nc(OCC)n1. The number of aromatic nitrogens is 3. The lowest BCUT2D eigenvalue weighted by atomic mass is 9.89. The molecule has 0 radical (unpaired) electrons. The summed E-state index contributed by atoms with van der Waals surface area (Å²) in [4.78, 5) is 12.7. The first-order valence-corrected chi connectivity index (χ1v) is 6.67. The first-order chi connectivity index (χ1) is 9.25. The Kier molecular flexibility index (Phi) is 4.73. The van der Waals surface area contributed by atoms with Crippen molar-refractivity contribution in [3.05, 3.63) is 0 Å². The molecule has 1 aliphatic rings. The van der Waals surface area contributed by atoms with Gasteiger partial charge in [0.15, 0.2) is 0 Å². The Morgan fingerprint density at radius 2 is 1.89 bits per heavy atom. The summed E-state index contributed by atoms with van der Waals surface area (Å²) in [5, 5.41) is 6.35. The summed E-state index contributed by atoms with van der Waals surface area (Å²) in [7, 11) is 1.74. The second-order valence-corrected chi connectivity index (χ2v) is 4.40. The number of nitrogens with zero attached hydrogens (tertiary/aromatic N) is 3. The van der Waals surface area contributed by atoms with Gasteiger partial charge in [-0.05, 0) is 26.7 Å². The minimum absolute atomic E-state index is 0.346. The van der Waals surface area contributed by atoms with E-state index in [1.807, 2.05) is 13.8 Å². The highest BCUT2D eigenvalue weighted by molar-refractivity contribution is 5.37. The van der Waals surface area contributed by atoms with E-state index in [9.17, 15) is 0 Å². The third kappa shape index (κ3) is 3.66. The molecule has 0 amide bonds. The van der Waals surface area contributed by atoms with E-state index in [-0.39, 0.29) is 0 Å². The van der Waals surface area contributed by atoms with Crippen LogP contribution in [0.1, 0.15) is 26.7 Å². The number of methoxy groups -OCH3 is 1. The molecule has 1 saturated carbocycles. The van der Waals surface area contributed by atoms with E-state index in [1.54, 1.807) is 7.11 Å². The summed E-state index contributed by atoms with van der Waals surface area (Å²) in [6.45, 7) is 5.18. The predicted octanol–water partition coefficient (Wildman–Crippen LogP) is 1.29. The molecule has 1 fully saturated rings. The molecule has 19 heavy (non-hydrogen) atoms. The van der Waals surface area contributed by atoms with Crippen LogP contribution in [0.25, 0.3) is 0 Å². The van der Waals surface area contributed by atoms with Crippen LogP contribution < -0.4 is 15.4 Å². The van der Waals surface area contributed by atoms with Crippen LogP contribution >= 0.6 is 0 Å². The molecule has 7 heteroatoms. The van der Waals surface area contributed by atoms with Crippen LogP contribution in [0.4, 0.5) is 11.9 Å². The average molecular weight is 267 g/mol. The maximum Gasteiger partial charge on any atom is 0.323 e. The largest absolute Gasteiger partial charge is 0.464 e. The molecule has 0 saturated heterocycles. The van der Waals surface area contributed by atoms with Crippen molar-refractivity contribution in [2.75, 3.05) is 30.9 Å². The van der Waals surface area contributed by atoms with Crippen LogP contribution in [0.2, 0.25) is 0 Å². The van der Waals surface area contributed by atoms with E-state index in [4.69, 9.17) is 9.47 Å². The van der Waals surface area contributed by atoms with Gasteiger partial charge in [0, 0.05) is 19.7 Å². The highest BCUT2D eigenvalue weighted by Gasteiger charge is 2.29. The van der Waals surface area contributed by atoms with Crippen LogP contribution in [0.5, 0.6) is 6.01 Å². The molecular formula is C12H21N5O2. The van der Waals surface area contributed by atoms with Gasteiger partial charge in [0.25, 0.3) is 0 Å². The maximum absolute atomic E-state index is 5.34. The first kappa shape index (κ1) is 13.8. The van der Waals surface area contributed by atoms with Gasteiger partial charge < -0.3 is 20.1 Å². The van der Waals surface area contributed by atoms with Crippen molar-refractivity contribution >= 4 is 11.9 Å². The Bertz CT molecular complexity index is 385. The van der Waals surface area contributed by atoms with Crippen LogP contribution in [0.15, 0.2) is 0 Å². The zero-order chi connectivity index (χ0) is 13.7. The molecule has 0 bridgehead atoms. The van der Waals surface area contributed by atoms with Crippen molar-refractivity contribution in [2.24, 2.45) is 0 Å². The Balaban J connectivity index is 2.01. The molecule has 7 nitrogen and oxygen atoms in total. The Morgan fingerprint density at radius 1 is 1.16 bits per heavy atom. The van der Waals surface area contributed by atoms with E-state index >= 15 is 0 Å². The fourth-order valence-corrected chi connectivity index (χ4v) is 1.91. The third-order valence-corrected chi connectivity index (χ3v) is 2.98. The first-order valence-electron chi connectivity index (χ1n) is 6.67. The lowest BCUT2D eigenvalue weighted by molar-refractivity contribution is 0.0327. The molecule has 0 atom stereocenters. The molecule has 2 rings (SSSR count). The van der Waals surface area contributed by atoms with Gasteiger partial charge in [-0.3, -0.25) is 0 Å². The lowest BCUT2D eigenvalue weighted by Gasteiger charge is -2.34. The summed E-state index contributed by atoms with van der Waals surface area (Å²) >= 11 is 0. The summed E-state index contributed by atoms with van der Waals surface area (Å²) in [6, 6.07) is 0.704. The van der Waals surface area contributed by atoms with E-state index in [2.05, 4.69) is 25.6 Å². The molecule has 0 aliphatic heterocycles. The predicted molar refractivity (Wildman–Crippen MR) is 72.6 cm³/mol. The summed E-state index contributed by atoms with van der Waals surface area (Å²) in [6.07, 6.45) is 2.30. The van der Waals surface area contributed by atoms with Crippen LogP contribution in [-0.2, 0) is 4.74 Å². The molecule has 1 aromatic heterocycles. The van der Waals surface area contributed by atoms with Crippen LogP contribution in [0, 0.1) is 0 Å². The monoisotopic (exact) mass is 267 g/mol. The highest BCUT2D eigenvalue weighted by atomic mass is 16.5. The zero-order valence-electron chi connectivity index (χ0n) is 11.6. The second kappa shape index (κ2) is 6.51. The van der Waals surface area contributed by atoms with Crippen molar-refractivity contribution < 1.29 is 9.47 Å². The Morgan fingerprint density at radius 3 is 2.53 bits per heavy atom. The third-order valence-electron chi connectivity index (χ3n) is 2.98. The standard InChI is InChI=1S/C12H21N5O2/c1-4-13-10-15-11(17-12(16-10)19-5-2)14-8-6-9(7-8)18-3/h8-9H,4-7H2,1-3H3,(H2,13,14,15,16,17). The molecule has 2 N–H and O–H groups in total. The van der Waals surface area contributed by atoms with Gasteiger partial charge in [0.2, 0.25) is 11.9 Å². The van der Waals surface area contributed by atoms with Crippen molar-refractivity contribution in [1.29, 1.82) is 0 Å². The van der Waals surface area contributed by atoms with Crippen molar-refractivity contribution in [3.8, 4) is 6.01 Å². The smallest absolute Gasteiger partial charge is 0.323 e. The molecule has 1 aliphatic carbocycles. The quantitative estimate of drug-likeness (QED) is 0.770. The topological polar surface area (TPSA) is 81.2 Å². The maximum atomic E-state index is 5.34. The molecule has 106 valence electrons. The minimum Gasteiger partial charge on any atom is -0.464 e. The van der Waals surface area contributed by atoms with E-state index < -0.39 is 0 Å². The van der Waals surface area contributed by atoms with Crippen LogP contribution in [-0.4, -0.2) is 47.4 Å². The van der Waals surface area contributed by atoms with Gasteiger partial charge >= 0.3 is 6.01 Å². The number of ether oxygens (including phenoxy) is 2. The molecule has 0 spiro atoms. The Hall–Kier alpha value is -1.63. The van der Waals surface area contributed by atoms with Gasteiger partial charge in [0.1, 0.15) is 0 Å². The summed E-state index contributed by atoms with van der Waals surface area (Å²) in [5.41, 5.74) is 0. The number of anilines is 2. The number of hydrogen-bond donors (Lipinski definition) is 2. The fourth-order valence-electron chi connectivity index (χ4n) is 1.91. The summed E-state index contributed by atoms with van der Waals surface area (Å²) < 4.78 is 10.6. The van der Waals surface area contributed by atoms with Gasteiger partial charge in [0.05, 0.1) is 12.7 Å². The van der Waals surface area contributed by atoms with E-state index in [0.717, 1.165) is 19.4 Å². The van der Waals surface area contributed by atoms with Gasteiger partial charge in [-0.25, -0.2) is 0 Å². The van der Waals surface area contributed by atoms with Gasteiger partial charge in [-0.2, -0.15) is 15.0 Å². The average Bonchev–Trinajstić information content (AvgIpc) is 2.34. The van der Waals surface area contributed by atoms with E-state index in [1.165, 1.54) is 0 Å². The second-order valence-electron chi connectivity index (χ2n) is 4.40. The molecule has 0 aromatic carbocycles. The normalized spacial score (nSPS) is 21.6. The fraction of sp³-hybridized carbons (Fsp3) is 0.750. The molecule has 1 aromatic rings. The molecule has 1 heterocycles. The van der Waals surface area contributed by atoms with Crippen molar-refractivity contribution in [2.45, 2.75) is 38.8 Å². The van der Waals surface area contributed by atoms with Crippen LogP contribution in [0.3, 0.4) is 0 Å². The number of rotatable bonds is 7. The summed E-state index contributed by atoms with van der Waals surface area (Å²) in [5.74, 6) is 1.08. The van der Waals surface area contributed by atoms with Crippen molar-refractivity contribution in [1.82, 2.24) is 15.0 Å². The van der Waals surface area contributed by atoms with Gasteiger partial charge in [-0.15, -0.1) is 0 Å². The lowest BCUT2D eigenvalue weighted by Crippen LogP contribution is -2.40. The number of hydrogen-bond acceptors (Lipinski definition) is 7. The van der Waals surface area contributed by atoms with Gasteiger partial charge in [-0.1, -0.05) is 0 Å². The molecular weight excluding hydrogens is 246 g/mol. The van der Waals surface area contributed by atoms with E-state index in [0.29, 0.717) is 36.7 Å². The Labute approximate surface area is 113 Å². The highest BCUT2D eigenvalue weighted by Crippen LogP contribution is 2.25. The molecule has 0 unspecified atom stereocenters. The minimum atomic E-state index is 0.346. The number of nitrogens with one attached hydrogen (secondary N) is 2. The van der Waals surface area contributed by atoms with Crippen molar-refractivity contribution in [3.63, 3.8) is 0 Å².